The van der Waals surface area contributed by atoms with E-state index in [9.17, 15) is 19.7 Å². The summed E-state index contributed by atoms with van der Waals surface area (Å²) in [6.07, 6.45) is 0.456. The van der Waals surface area contributed by atoms with Gasteiger partial charge in [-0.3, -0.25) is 19.7 Å². The number of carbonyl (C=O) groups excluding carboxylic acids is 2. The summed E-state index contributed by atoms with van der Waals surface area (Å²) in [5.41, 5.74) is 0.915. The van der Waals surface area contributed by atoms with Gasteiger partial charge in [0.1, 0.15) is 0 Å². The zero-order chi connectivity index (χ0) is 16.3. The quantitative estimate of drug-likeness (QED) is 0.615. The van der Waals surface area contributed by atoms with E-state index in [0.717, 1.165) is 5.56 Å². The zero-order valence-corrected chi connectivity index (χ0v) is 13.3. The number of amides is 1. The molecule has 0 spiro atoms. The number of non-ortho nitro benzene ring substituents is 1. The van der Waals surface area contributed by atoms with Gasteiger partial charge in [0.25, 0.3) is 5.69 Å². The molecule has 6 nitrogen and oxygen atoms in total. The van der Waals surface area contributed by atoms with E-state index in [0.29, 0.717) is 18.7 Å². The highest BCUT2D eigenvalue weighted by atomic mass is 32.2. The van der Waals surface area contributed by atoms with Crippen molar-refractivity contribution in [1.29, 1.82) is 0 Å². The van der Waals surface area contributed by atoms with Crippen LogP contribution in [0.3, 0.4) is 0 Å². The van der Waals surface area contributed by atoms with Gasteiger partial charge in [-0.2, -0.15) is 0 Å². The Morgan fingerprint density at radius 3 is 2.64 bits per heavy atom. The highest BCUT2D eigenvalue weighted by molar-refractivity contribution is 8.13. The molecule has 1 aromatic carbocycles. The van der Waals surface area contributed by atoms with Crippen LogP contribution < -0.4 is 0 Å². The number of nitro benzene ring substituents is 1. The summed E-state index contributed by atoms with van der Waals surface area (Å²) in [4.78, 5) is 35.2. The molecule has 118 valence electrons. The Hall–Kier alpha value is -1.89. The van der Waals surface area contributed by atoms with Gasteiger partial charge in [0, 0.05) is 37.8 Å². The van der Waals surface area contributed by atoms with Crippen LogP contribution in [0.1, 0.15) is 31.9 Å². The predicted molar refractivity (Wildman–Crippen MR) is 84.5 cm³/mol. The molecule has 7 heteroatoms. The number of hydrogen-bond acceptors (Lipinski definition) is 5. The van der Waals surface area contributed by atoms with Gasteiger partial charge in [-0.25, -0.2) is 0 Å². The minimum Gasteiger partial charge on any atom is -0.336 e. The molecule has 0 aliphatic carbocycles. The van der Waals surface area contributed by atoms with Crippen LogP contribution in [0.15, 0.2) is 24.3 Å². The third-order valence-electron chi connectivity index (χ3n) is 3.81. The smallest absolute Gasteiger partial charge is 0.269 e. The molecular formula is C15H18N2O4S. The van der Waals surface area contributed by atoms with Crippen LogP contribution >= 0.6 is 11.8 Å². The molecule has 0 saturated carbocycles. The number of rotatable bonds is 5. The topological polar surface area (TPSA) is 80.5 Å². The summed E-state index contributed by atoms with van der Waals surface area (Å²) in [6, 6.07) is 6.16. The molecule has 2 rings (SSSR count). The van der Waals surface area contributed by atoms with E-state index in [-0.39, 0.29) is 28.7 Å². The maximum absolute atomic E-state index is 12.1. The number of thioether (sulfide) groups is 1. The van der Waals surface area contributed by atoms with Gasteiger partial charge in [-0.1, -0.05) is 23.9 Å². The van der Waals surface area contributed by atoms with Crippen molar-refractivity contribution in [3.8, 4) is 0 Å². The van der Waals surface area contributed by atoms with Gasteiger partial charge in [0.2, 0.25) is 5.91 Å². The highest BCUT2D eigenvalue weighted by Crippen LogP contribution is 2.30. The van der Waals surface area contributed by atoms with E-state index in [1.807, 2.05) is 6.92 Å². The number of nitrogens with zero attached hydrogens (tertiary/aromatic N) is 2. The first-order chi connectivity index (χ1) is 10.4. The molecule has 1 aliphatic rings. The van der Waals surface area contributed by atoms with Crippen molar-refractivity contribution in [2.45, 2.75) is 26.3 Å². The fourth-order valence-corrected chi connectivity index (χ4v) is 3.28. The molecule has 1 heterocycles. The SMILES string of the molecule is CC(=O)SCC1CC(=O)N([C@@H](C)c2ccc([N+](=O)[O-])cc2)C1. The summed E-state index contributed by atoms with van der Waals surface area (Å²) < 4.78 is 0. The summed E-state index contributed by atoms with van der Waals surface area (Å²) in [7, 11) is 0. The molecule has 1 aromatic rings. The molecule has 1 amide bonds. The molecular weight excluding hydrogens is 304 g/mol. The first kappa shape index (κ1) is 16.5. The number of hydrogen-bond donors (Lipinski definition) is 0. The molecule has 1 unspecified atom stereocenters. The van der Waals surface area contributed by atoms with Crippen molar-refractivity contribution < 1.29 is 14.5 Å². The Labute approximate surface area is 133 Å². The number of benzene rings is 1. The maximum atomic E-state index is 12.1. The first-order valence-electron chi connectivity index (χ1n) is 7.05. The van der Waals surface area contributed by atoms with E-state index >= 15 is 0 Å². The Balaban J connectivity index is 2.02. The first-order valence-corrected chi connectivity index (χ1v) is 8.04. The largest absolute Gasteiger partial charge is 0.336 e. The molecule has 22 heavy (non-hydrogen) atoms. The average molecular weight is 322 g/mol. The second kappa shape index (κ2) is 6.91. The predicted octanol–water partition coefficient (Wildman–Crippen LogP) is 2.78. The van der Waals surface area contributed by atoms with Gasteiger partial charge in [-0.15, -0.1) is 0 Å². The van der Waals surface area contributed by atoms with E-state index in [4.69, 9.17) is 0 Å². The Morgan fingerprint density at radius 2 is 2.09 bits per heavy atom. The minimum absolute atomic E-state index is 0.0411. The summed E-state index contributed by atoms with van der Waals surface area (Å²) in [6.45, 7) is 4.07. The second-order valence-electron chi connectivity index (χ2n) is 5.44. The standard InChI is InChI=1S/C15H18N2O4S/c1-10(13-3-5-14(6-4-13)17(20)21)16-8-12(7-15(16)19)9-22-11(2)18/h3-6,10,12H,7-9H2,1-2H3/t10-,12?/m0/s1. The lowest BCUT2D eigenvalue weighted by atomic mass is 10.1. The molecule has 0 bridgehead atoms. The molecule has 1 saturated heterocycles. The number of likely N-dealkylation sites (tertiary alicyclic amines) is 1. The summed E-state index contributed by atoms with van der Waals surface area (Å²) in [5.74, 6) is 0.909. The van der Waals surface area contributed by atoms with Gasteiger partial charge in [0.05, 0.1) is 11.0 Å². The molecule has 0 aromatic heterocycles. The second-order valence-corrected chi connectivity index (χ2v) is 6.64. The van der Waals surface area contributed by atoms with E-state index in [1.165, 1.54) is 30.8 Å². The lowest BCUT2D eigenvalue weighted by molar-refractivity contribution is -0.384. The fraction of sp³-hybridized carbons (Fsp3) is 0.467. The number of nitro groups is 1. The van der Waals surface area contributed by atoms with Crippen LogP contribution in [0.2, 0.25) is 0 Å². The Morgan fingerprint density at radius 1 is 1.45 bits per heavy atom. The molecule has 0 radical (unpaired) electrons. The zero-order valence-electron chi connectivity index (χ0n) is 12.5. The lowest BCUT2D eigenvalue weighted by Crippen LogP contribution is -2.28. The van der Waals surface area contributed by atoms with Crippen molar-refractivity contribution >= 4 is 28.5 Å². The van der Waals surface area contributed by atoms with Crippen LogP contribution in [0.25, 0.3) is 0 Å². The minimum atomic E-state index is -0.440. The van der Waals surface area contributed by atoms with Crippen LogP contribution in [0.4, 0.5) is 5.69 Å². The third kappa shape index (κ3) is 3.85. The van der Waals surface area contributed by atoms with Gasteiger partial charge in [0.15, 0.2) is 5.12 Å². The van der Waals surface area contributed by atoms with E-state index in [1.54, 1.807) is 17.0 Å². The van der Waals surface area contributed by atoms with Gasteiger partial charge in [-0.05, 0) is 18.4 Å². The van der Waals surface area contributed by atoms with Crippen LogP contribution in [-0.2, 0) is 9.59 Å². The monoisotopic (exact) mass is 322 g/mol. The van der Waals surface area contributed by atoms with Crippen molar-refractivity contribution in [1.82, 2.24) is 4.90 Å². The van der Waals surface area contributed by atoms with E-state index in [2.05, 4.69) is 0 Å². The average Bonchev–Trinajstić information content (AvgIpc) is 2.85. The molecule has 2 atom stereocenters. The molecule has 1 aliphatic heterocycles. The van der Waals surface area contributed by atoms with Gasteiger partial charge >= 0.3 is 0 Å². The van der Waals surface area contributed by atoms with Crippen molar-refractivity contribution in [3.63, 3.8) is 0 Å². The Bertz CT molecular complexity index is 588. The molecule has 1 fully saturated rings. The normalized spacial score (nSPS) is 19.3. The van der Waals surface area contributed by atoms with Crippen LogP contribution in [0, 0.1) is 16.0 Å². The number of carbonyl (C=O) groups is 2. The van der Waals surface area contributed by atoms with Crippen LogP contribution in [0.5, 0.6) is 0 Å². The van der Waals surface area contributed by atoms with Gasteiger partial charge < -0.3 is 4.90 Å². The van der Waals surface area contributed by atoms with Crippen LogP contribution in [-0.4, -0.2) is 33.1 Å². The maximum Gasteiger partial charge on any atom is 0.269 e. The summed E-state index contributed by atoms with van der Waals surface area (Å²) >= 11 is 1.25. The van der Waals surface area contributed by atoms with Crippen molar-refractivity contribution in [2.24, 2.45) is 5.92 Å². The lowest BCUT2D eigenvalue weighted by Gasteiger charge is -2.25. The third-order valence-corrected chi connectivity index (χ3v) is 4.86. The summed E-state index contributed by atoms with van der Waals surface area (Å²) in [5, 5.41) is 10.7. The van der Waals surface area contributed by atoms with E-state index < -0.39 is 4.92 Å². The fourth-order valence-electron chi connectivity index (χ4n) is 2.58. The Kier molecular flexibility index (Phi) is 5.18. The van der Waals surface area contributed by atoms with Crippen molar-refractivity contribution in [3.05, 3.63) is 39.9 Å². The van der Waals surface area contributed by atoms with Crippen molar-refractivity contribution in [2.75, 3.05) is 12.3 Å². The highest BCUT2D eigenvalue weighted by Gasteiger charge is 2.33. The molecule has 0 N–H and O–H groups in total.